The Morgan fingerprint density at radius 1 is 1.18 bits per heavy atom. The molecular formula is C22H28N4OS. The minimum absolute atomic E-state index is 0.143. The van der Waals surface area contributed by atoms with Crippen molar-refractivity contribution in [2.75, 3.05) is 13.1 Å². The van der Waals surface area contributed by atoms with E-state index in [1.54, 1.807) is 24.2 Å². The molecule has 0 saturated carbocycles. The van der Waals surface area contributed by atoms with E-state index >= 15 is 0 Å². The highest BCUT2D eigenvalue weighted by Crippen LogP contribution is 2.27. The summed E-state index contributed by atoms with van der Waals surface area (Å²) in [4.78, 5) is 23.9. The summed E-state index contributed by atoms with van der Waals surface area (Å²) < 4.78 is 2.02. The smallest absolute Gasteiger partial charge is 0.242 e. The van der Waals surface area contributed by atoms with E-state index in [4.69, 9.17) is 4.98 Å². The Morgan fingerprint density at radius 2 is 1.96 bits per heavy atom. The van der Waals surface area contributed by atoms with Gasteiger partial charge >= 0.3 is 0 Å². The molecule has 148 valence electrons. The fourth-order valence-electron chi connectivity index (χ4n) is 3.30. The van der Waals surface area contributed by atoms with Gasteiger partial charge in [0.05, 0.1) is 17.2 Å². The lowest BCUT2D eigenvalue weighted by molar-refractivity contribution is -0.132. The number of pyridine rings is 1. The number of fused-ring (bicyclic) bond motifs is 1. The average molecular weight is 397 g/mol. The molecule has 0 aliphatic carbocycles. The number of aromatic nitrogens is 3. The van der Waals surface area contributed by atoms with Crippen molar-refractivity contribution < 1.29 is 4.79 Å². The Labute approximate surface area is 171 Å². The lowest BCUT2D eigenvalue weighted by Gasteiger charge is -2.22. The van der Waals surface area contributed by atoms with E-state index in [0.29, 0.717) is 6.54 Å². The van der Waals surface area contributed by atoms with Gasteiger partial charge in [0.2, 0.25) is 5.91 Å². The highest BCUT2D eigenvalue weighted by Gasteiger charge is 2.18. The zero-order valence-electron chi connectivity index (χ0n) is 16.9. The Bertz CT molecular complexity index is 931. The van der Waals surface area contributed by atoms with Crippen LogP contribution in [0.15, 0.2) is 47.9 Å². The Morgan fingerprint density at radius 3 is 2.68 bits per heavy atom. The molecule has 2 aromatic heterocycles. The molecule has 0 fully saturated rings. The first-order valence-electron chi connectivity index (χ1n) is 9.88. The predicted octanol–water partition coefficient (Wildman–Crippen LogP) is 4.68. The van der Waals surface area contributed by atoms with Crippen molar-refractivity contribution >= 4 is 28.7 Å². The summed E-state index contributed by atoms with van der Waals surface area (Å²) in [5.41, 5.74) is 4.30. The zero-order valence-corrected chi connectivity index (χ0v) is 17.7. The molecule has 0 aliphatic heterocycles. The molecule has 0 N–H and O–H groups in total. The molecule has 0 unspecified atom stereocenters. The van der Waals surface area contributed by atoms with Crippen molar-refractivity contribution in [1.82, 2.24) is 19.4 Å². The molecule has 0 aliphatic rings. The van der Waals surface area contributed by atoms with Gasteiger partial charge in [-0.2, -0.15) is 0 Å². The van der Waals surface area contributed by atoms with Crippen molar-refractivity contribution in [3.8, 4) is 0 Å². The van der Waals surface area contributed by atoms with E-state index in [2.05, 4.69) is 50.0 Å². The molecular weight excluding hydrogens is 368 g/mol. The standard InChI is InChI=1S/C22H28N4OS/c1-4-11-25(12-5-2)21(27)15-26-20-14-23-10-9-19(20)24-22(26)28-16-18-8-6-7-17(3)13-18/h6-10,13-14H,4-5,11-12,15-16H2,1-3H3. The van der Waals surface area contributed by atoms with Gasteiger partial charge in [-0.05, 0) is 31.4 Å². The molecule has 0 radical (unpaired) electrons. The number of carbonyl (C=O) groups excluding carboxylic acids is 1. The van der Waals surface area contributed by atoms with Crippen LogP contribution in [0.25, 0.3) is 11.0 Å². The van der Waals surface area contributed by atoms with Crippen molar-refractivity contribution in [2.24, 2.45) is 0 Å². The summed E-state index contributed by atoms with van der Waals surface area (Å²) in [5, 5.41) is 0.866. The first kappa shape index (κ1) is 20.4. The molecule has 2 heterocycles. The molecule has 0 spiro atoms. The zero-order chi connectivity index (χ0) is 19.9. The summed E-state index contributed by atoms with van der Waals surface area (Å²) in [6.45, 7) is 8.21. The molecule has 5 nitrogen and oxygen atoms in total. The highest BCUT2D eigenvalue weighted by molar-refractivity contribution is 7.98. The van der Waals surface area contributed by atoms with Crippen molar-refractivity contribution in [2.45, 2.75) is 51.1 Å². The largest absolute Gasteiger partial charge is 0.341 e. The second-order valence-electron chi connectivity index (χ2n) is 7.00. The molecule has 6 heteroatoms. The predicted molar refractivity (Wildman–Crippen MR) is 115 cm³/mol. The van der Waals surface area contributed by atoms with E-state index in [9.17, 15) is 4.79 Å². The first-order chi connectivity index (χ1) is 13.6. The van der Waals surface area contributed by atoms with Gasteiger partial charge in [0.15, 0.2) is 5.16 Å². The van der Waals surface area contributed by atoms with E-state index in [0.717, 1.165) is 47.9 Å². The van der Waals surface area contributed by atoms with Crippen molar-refractivity contribution in [3.05, 3.63) is 53.9 Å². The fraction of sp³-hybridized carbons (Fsp3) is 0.409. The Kier molecular flexibility index (Phi) is 7.09. The van der Waals surface area contributed by atoms with Crippen LogP contribution in [0.3, 0.4) is 0 Å². The topological polar surface area (TPSA) is 51.0 Å². The number of imidazole rings is 1. The number of carbonyl (C=O) groups is 1. The minimum atomic E-state index is 0.143. The van der Waals surface area contributed by atoms with E-state index in [1.165, 1.54) is 11.1 Å². The lowest BCUT2D eigenvalue weighted by Crippen LogP contribution is -2.35. The van der Waals surface area contributed by atoms with Crippen molar-refractivity contribution in [3.63, 3.8) is 0 Å². The van der Waals surface area contributed by atoms with Crippen LogP contribution >= 0.6 is 11.8 Å². The van der Waals surface area contributed by atoms with Gasteiger partial charge in [-0.1, -0.05) is 55.4 Å². The quantitative estimate of drug-likeness (QED) is 0.493. The van der Waals surface area contributed by atoms with Crippen LogP contribution in [0.1, 0.15) is 37.8 Å². The molecule has 0 saturated heterocycles. The Balaban J connectivity index is 1.85. The number of benzene rings is 1. The molecule has 28 heavy (non-hydrogen) atoms. The number of rotatable bonds is 9. The summed E-state index contributed by atoms with van der Waals surface area (Å²) in [5.74, 6) is 0.963. The number of hydrogen-bond acceptors (Lipinski definition) is 4. The molecule has 1 amide bonds. The second kappa shape index (κ2) is 9.73. The normalized spacial score (nSPS) is 11.1. The van der Waals surface area contributed by atoms with Gasteiger partial charge < -0.3 is 9.47 Å². The van der Waals surface area contributed by atoms with E-state index < -0.39 is 0 Å². The van der Waals surface area contributed by atoms with E-state index in [1.807, 2.05) is 15.5 Å². The summed E-state index contributed by atoms with van der Waals surface area (Å²) in [6.07, 6.45) is 5.48. The van der Waals surface area contributed by atoms with Crippen molar-refractivity contribution in [1.29, 1.82) is 0 Å². The Hall–Kier alpha value is -2.34. The number of hydrogen-bond donors (Lipinski definition) is 0. The van der Waals surface area contributed by atoms with Crippen LogP contribution < -0.4 is 0 Å². The minimum Gasteiger partial charge on any atom is -0.341 e. The third-order valence-corrected chi connectivity index (χ3v) is 5.65. The highest BCUT2D eigenvalue weighted by atomic mass is 32.2. The molecule has 3 aromatic rings. The van der Waals surface area contributed by atoms with Gasteiger partial charge in [0, 0.05) is 25.0 Å². The van der Waals surface area contributed by atoms with E-state index in [-0.39, 0.29) is 5.91 Å². The maximum absolute atomic E-state index is 13.0. The van der Waals surface area contributed by atoms with Crippen LogP contribution in [-0.4, -0.2) is 38.4 Å². The number of nitrogens with zero attached hydrogens (tertiary/aromatic N) is 4. The van der Waals surface area contributed by atoms with Gasteiger partial charge in [-0.15, -0.1) is 0 Å². The van der Waals surface area contributed by atoms with Crippen LogP contribution in [0.4, 0.5) is 0 Å². The van der Waals surface area contributed by atoms with Crippen LogP contribution in [0, 0.1) is 6.92 Å². The van der Waals surface area contributed by atoms with Crippen LogP contribution in [0.2, 0.25) is 0 Å². The molecule has 0 bridgehead atoms. The number of amides is 1. The summed E-state index contributed by atoms with van der Waals surface area (Å²) in [7, 11) is 0. The van der Waals surface area contributed by atoms with Gasteiger partial charge in [-0.3, -0.25) is 9.78 Å². The van der Waals surface area contributed by atoms with Gasteiger partial charge in [0.1, 0.15) is 6.54 Å². The lowest BCUT2D eigenvalue weighted by atomic mass is 10.2. The molecule has 3 rings (SSSR count). The maximum Gasteiger partial charge on any atom is 0.242 e. The van der Waals surface area contributed by atoms with Crippen LogP contribution in [-0.2, 0) is 17.1 Å². The number of thioether (sulfide) groups is 1. The van der Waals surface area contributed by atoms with Gasteiger partial charge in [-0.25, -0.2) is 4.98 Å². The second-order valence-corrected chi connectivity index (χ2v) is 7.95. The third-order valence-electron chi connectivity index (χ3n) is 4.60. The van der Waals surface area contributed by atoms with Crippen LogP contribution in [0.5, 0.6) is 0 Å². The molecule has 0 atom stereocenters. The average Bonchev–Trinajstić information content (AvgIpc) is 3.04. The first-order valence-corrected chi connectivity index (χ1v) is 10.9. The van der Waals surface area contributed by atoms with Gasteiger partial charge in [0.25, 0.3) is 0 Å². The molecule has 1 aromatic carbocycles. The maximum atomic E-state index is 13.0. The fourth-order valence-corrected chi connectivity index (χ4v) is 4.25. The SMILES string of the molecule is CCCN(CCC)C(=O)Cn1c(SCc2cccc(C)c2)nc2ccncc21. The summed E-state index contributed by atoms with van der Waals surface area (Å²) >= 11 is 1.67. The summed E-state index contributed by atoms with van der Waals surface area (Å²) in [6, 6.07) is 10.4. The third kappa shape index (κ3) is 4.93. The number of aryl methyl sites for hydroxylation is 1. The monoisotopic (exact) mass is 396 g/mol.